The highest BCUT2D eigenvalue weighted by Crippen LogP contribution is 2.19. The second kappa shape index (κ2) is 6.04. The Labute approximate surface area is 113 Å². The number of nitrogens with zero attached hydrogens (tertiary/aromatic N) is 2. The lowest BCUT2D eigenvalue weighted by atomic mass is 10.4. The Hall–Kier alpha value is -1.58. The van der Waals surface area contributed by atoms with Gasteiger partial charge in [-0.15, -0.1) is 0 Å². The van der Waals surface area contributed by atoms with E-state index in [0.29, 0.717) is 0 Å². The molecule has 1 aromatic heterocycles. The first-order valence-corrected chi connectivity index (χ1v) is 5.67. The largest absolute Gasteiger partial charge is 0.468 e. The molecule has 0 radical (unpaired) electrons. The Kier molecular flexibility index (Phi) is 4.92. The first-order chi connectivity index (χ1) is 8.74. The van der Waals surface area contributed by atoms with Gasteiger partial charge in [0, 0.05) is 0 Å². The fourth-order valence-corrected chi connectivity index (χ4v) is 1.56. The predicted octanol–water partition coefficient (Wildman–Crippen LogP) is 1.15. The molecule has 0 aliphatic rings. The highest BCUT2D eigenvalue weighted by atomic mass is 79.9. The monoisotopic (exact) mass is 343 g/mol. The number of rotatable bonds is 4. The minimum atomic E-state index is -4.54. The van der Waals surface area contributed by atoms with Crippen LogP contribution in [0.25, 0.3) is 0 Å². The Morgan fingerprint density at radius 2 is 2.21 bits per heavy atom. The van der Waals surface area contributed by atoms with Crippen molar-refractivity contribution in [2.45, 2.75) is 12.7 Å². The molecule has 10 heteroatoms. The summed E-state index contributed by atoms with van der Waals surface area (Å²) in [6, 6.07) is 0. The summed E-state index contributed by atoms with van der Waals surface area (Å²) in [4.78, 5) is 22.5. The molecule has 0 amide bonds. The van der Waals surface area contributed by atoms with Gasteiger partial charge in [0.2, 0.25) is 0 Å². The second-order valence-corrected chi connectivity index (χ2v) is 4.17. The van der Waals surface area contributed by atoms with Gasteiger partial charge in [0.1, 0.15) is 17.6 Å². The molecule has 19 heavy (non-hydrogen) atoms. The van der Waals surface area contributed by atoms with Gasteiger partial charge in [0.05, 0.1) is 19.0 Å². The summed E-state index contributed by atoms with van der Waals surface area (Å²) in [5.41, 5.74) is -0.846. The molecule has 0 aliphatic carbocycles. The van der Waals surface area contributed by atoms with Gasteiger partial charge in [0.15, 0.2) is 0 Å². The molecule has 0 fully saturated rings. The Balaban J connectivity index is 2.92. The van der Waals surface area contributed by atoms with Gasteiger partial charge < -0.3 is 10.1 Å². The van der Waals surface area contributed by atoms with Crippen LogP contribution in [0.2, 0.25) is 0 Å². The number of carbonyl (C=O) groups excluding carboxylic acids is 1. The zero-order chi connectivity index (χ0) is 14.6. The summed E-state index contributed by atoms with van der Waals surface area (Å²) in [5, 5.41) is 5.88. The maximum Gasteiger partial charge on any atom is 0.408 e. The van der Waals surface area contributed by atoms with E-state index >= 15 is 0 Å². The normalized spacial score (nSPS) is 11.2. The molecule has 0 saturated heterocycles. The Bertz CT molecular complexity index is 530. The third-order valence-electron chi connectivity index (χ3n) is 1.96. The topological polar surface area (TPSA) is 73.2 Å². The number of anilines is 1. The molecule has 1 heterocycles. The molecule has 6 nitrogen and oxygen atoms in total. The van der Waals surface area contributed by atoms with Crippen molar-refractivity contribution >= 4 is 27.6 Å². The van der Waals surface area contributed by atoms with E-state index in [1.54, 1.807) is 0 Å². The molecule has 0 atom stereocenters. The third kappa shape index (κ3) is 4.54. The van der Waals surface area contributed by atoms with Crippen LogP contribution in [0, 0.1) is 0 Å². The minimum absolute atomic E-state index is 0.105. The smallest absolute Gasteiger partial charge is 0.408 e. The number of hydrogen-bond donors (Lipinski definition) is 1. The standard InChI is InChI=1S/C9H9BrF3N3O3/c1-19-6(17)3-14-5-2-15-16(4-9(11,12)13)8(18)7(5)10/h2,14H,3-4H2,1H3. The van der Waals surface area contributed by atoms with Gasteiger partial charge >= 0.3 is 12.1 Å². The molecule has 0 bridgehead atoms. The van der Waals surface area contributed by atoms with Crippen molar-refractivity contribution in [2.75, 3.05) is 19.0 Å². The number of halogens is 4. The van der Waals surface area contributed by atoms with Crippen molar-refractivity contribution in [2.24, 2.45) is 0 Å². The quantitative estimate of drug-likeness (QED) is 0.830. The van der Waals surface area contributed by atoms with Gasteiger partial charge in [-0.3, -0.25) is 9.59 Å². The molecule has 1 N–H and O–H groups in total. The van der Waals surface area contributed by atoms with E-state index in [1.807, 2.05) is 0 Å². The van der Waals surface area contributed by atoms with E-state index in [1.165, 1.54) is 7.11 Å². The van der Waals surface area contributed by atoms with E-state index in [-0.39, 0.29) is 21.4 Å². The molecule has 1 aromatic rings. The molecule has 0 aliphatic heterocycles. The highest BCUT2D eigenvalue weighted by molar-refractivity contribution is 9.10. The highest BCUT2D eigenvalue weighted by Gasteiger charge is 2.29. The number of nitrogens with one attached hydrogen (secondary N) is 1. The number of alkyl halides is 3. The van der Waals surface area contributed by atoms with Crippen molar-refractivity contribution in [3.8, 4) is 0 Å². The van der Waals surface area contributed by atoms with Crippen LogP contribution in [-0.2, 0) is 16.1 Å². The van der Waals surface area contributed by atoms with Crippen LogP contribution in [-0.4, -0.2) is 35.6 Å². The molecule has 1 rings (SSSR count). The summed E-state index contributed by atoms with van der Waals surface area (Å²) < 4.78 is 41.0. The summed E-state index contributed by atoms with van der Waals surface area (Å²) in [6.07, 6.45) is -3.53. The second-order valence-electron chi connectivity index (χ2n) is 3.38. The minimum Gasteiger partial charge on any atom is -0.468 e. The fraction of sp³-hybridized carbons (Fsp3) is 0.444. The zero-order valence-electron chi connectivity index (χ0n) is 9.62. The van der Waals surface area contributed by atoms with Crippen molar-refractivity contribution in [1.82, 2.24) is 9.78 Å². The summed E-state index contributed by atoms with van der Waals surface area (Å²) >= 11 is 2.86. The van der Waals surface area contributed by atoms with Crippen molar-refractivity contribution in [1.29, 1.82) is 0 Å². The maximum absolute atomic E-state index is 12.2. The number of aromatic nitrogens is 2. The number of esters is 1. The first-order valence-electron chi connectivity index (χ1n) is 4.87. The van der Waals surface area contributed by atoms with Crippen LogP contribution in [0.1, 0.15) is 0 Å². The average molecular weight is 344 g/mol. The van der Waals surface area contributed by atoms with Gasteiger partial charge in [-0.25, -0.2) is 4.68 Å². The Morgan fingerprint density at radius 3 is 2.74 bits per heavy atom. The van der Waals surface area contributed by atoms with Crippen LogP contribution >= 0.6 is 15.9 Å². The number of ether oxygens (including phenoxy) is 1. The predicted molar refractivity (Wildman–Crippen MR) is 62.8 cm³/mol. The van der Waals surface area contributed by atoms with Crippen molar-refractivity contribution in [3.05, 3.63) is 21.0 Å². The van der Waals surface area contributed by atoms with Crippen LogP contribution in [0.15, 0.2) is 15.5 Å². The lowest BCUT2D eigenvalue weighted by molar-refractivity contribution is -0.143. The van der Waals surface area contributed by atoms with E-state index in [9.17, 15) is 22.8 Å². The van der Waals surface area contributed by atoms with E-state index in [4.69, 9.17) is 0 Å². The number of hydrogen-bond acceptors (Lipinski definition) is 5. The van der Waals surface area contributed by atoms with E-state index in [0.717, 1.165) is 6.20 Å². The molecule has 0 saturated carbocycles. The van der Waals surface area contributed by atoms with Gasteiger partial charge in [-0.05, 0) is 15.9 Å². The maximum atomic E-state index is 12.2. The van der Waals surface area contributed by atoms with Crippen LogP contribution in [0.3, 0.4) is 0 Å². The third-order valence-corrected chi connectivity index (χ3v) is 2.73. The van der Waals surface area contributed by atoms with Crippen molar-refractivity contribution < 1.29 is 22.7 Å². The lowest BCUT2D eigenvalue weighted by Gasteiger charge is -2.11. The molecular formula is C9H9BrF3N3O3. The van der Waals surface area contributed by atoms with Crippen LogP contribution < -0.4 is 10.9 Å². The summed E-state index contributed by atoms with van der Waals surface area (Å²) in [7, 11) is 1.18. The van der Waals surface area contributed by atoms with Gasteiger partial charge in [-0.1, -0.05) is 0 Å². The molecule has 0 spiro atoms. The van der Waals surface area contributed by atoms with Crippen molar-refractivity contribution in [3.63, 3.8) is 0 Å². The number of methoxy groups -OCH3 is 1. The fourth-order valence-electron chi connectivity index (χ4n) is 1.11. The molecule has 106 valence electrons. The first kappa shape index (κ1) is 15.5. The molecule has 0 unspecified atom stereocenters. The lowest BCUT2D eigenvalue weighted by Crippen LogP contribution is -2.31. The Morgan fingerprint density at radius 1 is 1.58 bits per heavy atom. The van der Waals surface area contributed by atoms with Crippen LogP contribution in [0.5, 0.6) is 0 Å². The zero-order valence-corrected chi connectivity index (χ0v) is 11.2. The van der Waals surface area contributed by atoms with Gasteiger partial charge in [0.25, 0.3) is 5.56 Å². The molecule has 0 aromatic carbocycles. The SMILES string of the molecule is COC(=O)CNc1cnn(CC(F)(F)F)c(=O)c1Br. The number of carbonyl (C=O) groups is 1. The summed E-state index contributed by atoms with van der Waals surface area (Å²) in [5.74, 6) is -0.591. The average Bonchev–Trinajstić information content (AvgIpc) is 2.32. The summed E-state index contributed by atoms with van der Waals surface area (Å²) in [6.45, 7) is -1.72. The van der Waals surface area contributed by atoms with Gasteiger partial charge in [-0.2, -0.15) is 18.3 Å². The van der Waals surface area contributed by atoms with E-state index in [2.05, 4.69) is 31.1 Å². The molecular weight excluding hydrogens is 335 g/mol. The van der Waals surface area contributed by atoms with Crippen LogP contribution in [0.4, 0.5) is 18.9 Å². The van der Waals surface area contributed by atoms with E-state index < -0.39 is 24.2 Å².